The van der Waals surface area contributed by atoms with Crippen molar-refractivity contribution in [2.45, 2.75) is 19.6 Å². The molecule has 3 aromatic rings. The first-order valence-corrected chi connectivity index (χ1v) is 8.36. The Morgan fingerprint density at radius 2 is 2.14 bits per heavy atom. The second-order valence-corrected chi connectivity index (χ2v) is 6.06. The van der Waals surface area contributed by atoms with Crippen LogP contribution in [0.3, 0.4) is 0 Å². The smallest absolute Gasteiger partial charge is 0.256 e. The average Bonchev–Trinajstić information content (AvgIpc) is 3.00. The van der Waals surface area contributed by atoms with Gasteiger partial charge in [0.1, 0.15) is 35.6 Å². The van der Waals surface area contributed by atoms with Gasteiger partial charge in [-0.15, -0.1) is 0 Å². The van der Waals surface area contributed by atoms with Gasteiger partial charge in [-0.3, -0.25) is 14.6 Å². The topological polar surface area (TPSA) is 128 Å². The number of furan rings is 1. The largest absolute Gasteiger partial charge is 0.487 e. The van der Waals surface area contributed by atoms with Gasteiger partial charge >= 0.3 is 0 Å². The zero-order valence-corrected chi connectivity index (χ0v) is 14.9. The predicted molar refractivity (Wildman–Crippen MR) is 97.0 cm³/mol. The lowest BCUT2D eigenvalue weighted by molar-refractivity contribution is -0.120. The molecule has 28 heavy (non-hydrogen) atoms. The van der Waals surface area contributed by atoms with E-state index in [1.165, 1.54) is 12.1 Å². The molecule has 1 aromatic carbocycles. The number of pyridine rings is 1. The summed E-state index contributed by atoms with van der Waals surface area (Å²) in [4.78, 5) is 27.7. The molecule has 0 aliphatic rings. The Kier molecular flexibility index (Phi) is 5.55. The molecule has 9 heteroatoms. The minimum absolute atomic E-state index is 0.110. The van der Waals surface area contributed by atoms with E-state index in [1.54, 1.807) is 25.1 Å². The third-order valence-corrected chi connectivity index (χ3v) is 4.07. The van der Waals surface area contributed by atoms with Crippen LogP contribution in [0.4, 0.5) is 4.39 Å². The number of amides is 2. The number of benzene rings is 1. The van der Waals surface area contributed by atoms with Crippen LogP contribution in [0.15, 0.2) is 40.9 Å². The first kappa shape index (κ1) is 19.3. The fourth-order valence-electron chi connectivity index (χ4n) is 2.66. The van der Waals surface area contributed by atoms with E-state index in [9.17, 15) is 19.1 Å². The maximum atomic E-state index is 12.9. The van der Waals surface area contributed by atoms with Gasteiger partial charge < -0.3 is 25.3 Å². The van der Waals surface area contributed by atoms with Gasteiger partial charge in [0.05, 0.1) is 24.1 Å². The zero-order chi connectivity index (χ0) is 20.3. The highest BCUT2D eigenvalue weighted by Crippen LogP contribution is 2.29. The summed E-state index contributed by atoms with van der Waals surface area (Å²) >= 11 is 0. The number of nitrogens with two attached hydrogens (primary N) is 1. The summed E-state index contributed by atoms with van der Waals surface area (Å²) in [6.07, 6.45) is 1.10. The second-order valence-electron chi connectivity index (χ2n) is 6.06. The molecule has 0 spiro atoms. The SMILES string of the molecule is Cc1oc2ccc(OCc3ccc(F)cn3)cc2c1C(=O)NC(CO)C(N)=O. The van der Waals surface area contributed by atoms with Crippen LogP contribution in [0.2, 0.25) is 0 Å². The molecule has 1 atom stereocenters. The fraction of sp³-hybridized carbons (Fsp3) is 0.211. The number of carbonyl (C=O) groups is 2. The molecule has 0 saturated carbocycles. The minimum atomic E-state index is -1.21. The van der Waals surface area contributed by atoms with Crippen molar-refractivity contribution in [1.82, 2.24) is 10.3 Å². The summed E-state index contributed by atoms with van der Waals surface area (Å²) in [5.74, 6) is -1.11. The van der Waals surface area contributed by atoms with Crippen LogP contribution in [-0.4, -0.2) is 34.6 Å². The summed E-state index contributed by atoms with van der Waals surface area (Å²) < 4.78 is 24.1. The normalized spacial score (nSPS) is 12.0. The van der Waals surface area contributed by atoms with Gasteiger partial charge in [-0.25, -0.2) is 4.39 Å². The van der Waals surface area contributed by atoms with Crippen LogP contribution in [0, 0.1) is 12.7 Å². The van der Waals surface area contributed by atoms with Crippen molar-refractivity contribution in [3.05, 3.63) is 59.4 Å². The molecule has 0 saturated heterocycles. The molecule has 0 aliphatic carbocycles. The van der Waals surface area contributed by atoms with Gasteiger partial charge in [0.15, 0.2) is 0 Å². The fourth-order valence-corrected chi connectivity index (χ4v) is 2.66. The number of hydrogen-bond acceptors (Lipinski definition) is 6. The zero-order valence-electron chi connectivity index (χ0n) is 14.9. The summed E-state index contributed by atoms with van der Waals surface area (Å²) in [6.45, 7) is 1.10. The number of nitrogens with one attached hydrogen (secondary N) is 1. The summed E-state index contributed by atoms with van der Waals surface area (Å²) in [5.41, 5.74) is 6.34. The molecule has 0 bridgehead atoms. The van der Waals surface area contributed by atoms with Crippen LogP contribution in [0.1, 0.15) is 21.8 Å². The number of ether oxygens (including phenoxy) is 1. The number of aromatic nitrogens is 1. The van der Waals surface area contributed by atoms with Gasteiger partial charge in [0.25, 0.3) is 5.91 Å². The van der Waals surface area contributed by atoms with Crippen LogP contribution in [0.25, 0.3) is 11.0 Å². The van der Waals surface area contributed by atoms with Crippen molar-refractivity contribution >= 4 is 22.8 Å². The molecule has 2 heterocycles. The van der Waals surface area contributed by atoms with Crippen LogP contribution < -0.4 is 15.8 Å². The summed E-state index contributed by atoms with van der Waals surface area (Å²) in [6, 6.07) is 6.50. The molecule has 8 nitrogen and oxygen atoms in total. The van der Waals surface area contributed by atoms with Crippen molar-refractivity contribution in [2.24, 2.45) is 5.73 Å². The molecule has 0 radical (unpaired) electrons. The molecule has 0 aliphatic heterocycles. The molecule has 0 fully saturated rings. The Hall–Kier alpha value is -3.46. The number of aliphatic hydroxyl groups is 1. The van der Waals surface area contributed by atoms with Crippen molar-refractivity contribution < 1.29 is 28.2 Å². The number of fused-ring (bicyclic) bond motifs is 1. The Morgan fingerprint density at radius 3 is 2.79 bits per heavy atom. The van der Waals surface area contributed by atoms with Crippen LogP contribution in [0.5, 0.6) is 5.75 Å². The molecule has 146 valence electrons. The molecular formula is C19H18FN3O5. The number of carbonyl (C=O) groups excluding carboxylic acids is 2. The van der Waals surface area contributed by atoms with E-state index in [0.29, 0.717) is 28.2 Å². The van der Waals surface area contributed by atoms with E-state index >= 15 is 0 Å². The highest BCUT2D eigenvalue weighted by molar-refractivity contribution is 6.08. The number of halogens is 1. The lowest BCUT2D eigenvalue weighted by Gasteiger charge is -2.12. The third-order valence-electron chi connectivity index (χ3n) is 4.07. The maximum Gasteiger partial charge on any atom is 0.256 e. The van der Waals surface area contributed by atoms with Gasteiger partial charge in [-0.05, 0) is 37.3 Å². The second kappa shape index (κ2) is 8.05. The van der Waals surface area contributed by atoms with E-state index in [2.05, 4.69) is 10.3 Å². The van der Waals surface area contributed by atoms with E-state index in [-0.39, 0.29) is 12.2 Å². The third kappa shape index (κ3) is 4.09. The van der Waals surface area contributed by atoms with Crippen molar-refractivity contribution in [2.75, 3.05) is 6.61 Å². The Labute approximate surface area is 159 Å². The van der Waals surface area contributed by atoms with Crippen molar-refractivity contribution in [3.63, 3.8) is 0 Å². The van der Waals surface area contributed by atoms with Crippen LogP contribution >= 0.6 is 0 Å². The van der Waals surface area contributed by atoms with Gasteiger partial charge in [-0.2, -0.15) is 0 Å². The number of hydrogen-bond donors (Lipinski definition) is 3. The van der Waals surface area contributed by atoms with Crippen molar-refractivity contribution in [1.29, 1.82) is 0 Å². The number of nitrogens with zero attached hydrogens (tertiary/aromatic N) is 1. The van der Waals surface area contributed by atoms with Gasteiger partial charge in [0, 0.05) is 5.39 Å². The summed E-state index contributed by atoms with van der Waals surface area (Å²) in [5, 5.41) is 12.0. The quantitative estimate of drug-likeness (QED) is 0.563. The molecule has 1 unspecified atom stereocenters. The lowest BCUT2D eigenvalue weighted by Crippen LogP contribution is -2.46. The first-order chi connectivity index (χ1) is 13.4. The Bertz CT molecular complexity index is 1020. The Balaban J connectivity index is 1.84. The van der Waals surface area contributed by atoms with E-state index in [4.69, 9.17) is 14.9 Å². The van der Waals surface area contributed by atoms with Gasteiger partial charge in [-0.1, -0.05) is 0 Å². The standard InChI is InChI=1S/C19H18FN3O5/c1-10-17(19(26)23-15(8-24)18(21)25)14-6-13(4-5-16(14)28-10)27-9-12-3-2-11(20)7-22-12/h2-7,15,24H,8-9H2,1H3,(H2,21,25)(H,23,26). The van der Waals surface area contributed by atoms with E-state index in [1.807, 2.05) is 0 Å². The van der Waals surface area contributed by atoms with E-state index < -0.39 is 30.3 Å². The monoisotopic (exact) mass is 387 g/mol. The number of aliphatic hydroxyl groups excluding tert-OH is 1. The van der Waals surface area contributed by atoms with E-state index in [0.717, 1.165) is 6.20 Å². The molecule has 3 rings (SSSR count). The highest BCUT2D eigenvalue weighted by atomic mass is 19.1. The molecule has 4 N–H and O–H groups in total. The predicted octanol–water partition coefficient (Wildman–Crippen LogP) is 1.43. The maximum absolute atomic E-state index is 12.9. The van der Waals surface area contributed by atoms with Crippen LogP contribution in [-0.2, 0) is 11.4 Å². The van der Waals surface area contributed by atoms with Crippen molar-refractivity contribution in [3.8, 4) is 5.75 Å². The first-order valence-electron chi connectivity index (χ1n) is 8.36. The lowest BCUT2D eigenvalue weighted by atomic mass is 10.1. The molecular weight excluding hydrogens is 369 g/mol. The number of aryl methyl sites for hydroxylation is 1. The highest BCUT2D eigenvalue weighted by Gasteiger charge is 2.23. The molecule has 2 aromatic heterocycles. The number of rotatable bonds is 7. The van der Waals surface area contributed by atoms with Gasteiger partial charge in [0.2, 0.25) is 5.91 Å². The summed E-state index contributed by atoms with van der Waals surface area (Å²) in [7, 11) is 0. The average molecular weight is 387 g/mol. The number of primary amides is 1. The minimum Gasteiger partial charge on any atom is -0.487 e. The Morgan fingerprint density at radius 1 is 1.36 bits per heavy atom. The molecule has 2 amide bonds.